The van der Waals surface area contributed by atoms with Crippen molar-refractivity contribution in [2.45, 2.75) is 18.6 Å². The number of benzene rings is 2. The van der Waals surface area contributed by atoms with Gasteiger partial charge >= 0.3 is 0 Å². The molecule has 0 radical (unpaired) electrons. The first kappa shape index (κ1) is 25.2. The number of carbonyl (C=O) groups excluding carboxylic acids is 1. The molecule has 0 aliphatic carbocycles. The van der Waals surface area contributed by atoms with Crippen LogP contribution in [-0.2, 0) is 11.3 Å². The number of hydrogen-bond donors (Lipinski definition) is 1. The molecule has 35 heavy (non-hydrogen) atoms. The summed E-state index contributed by atoms with van der Waals surface area (Å²) in [5.74, 6) is 1.44. The van der Waals surface area contributed by atoms with E-state index >= 15 is 0 Å². The normalized spacial score (nSPS) is 10.8. The summed E-state index contributed by atoms with van der Waals surface area (Å²) < 4.78 is 7.43. The number of anilines is 1. The molecule has 0 bridgehead atoms. The Morgan fingerprint density at radius 3 is 2.74 bits per heavy atom. The highest BCUT2D eigenvalue weighted by molar-refractivity contribution is 7.99. The maximum absolute atomic E-state index is 12.6. The van der Waals surface area contributed by atoms with E-state index in [1.807, 2.05) is 41.1 Å². The second-order valence-corrected chi connectivity index (χ2v) is 9.81. The number of halogens is 2. The standard InChI is InChI=1S/C24H21Cl2N5O2S2/c1-3-11-31-22(15-5-8-17(9-6-15)33-4-2)29-30-24(31)35-14-21(32)28-23-27-20(13-34-23)18-10-7-16(25)12-19(18)26/h3,5-10,12-13H,1,4,11,14H2,2H3,(H,27,28,32). The van der Waals surface area contributed by atoms with E-state index < -0.39 is 0 Å². The van der Waals surface area contributed by atoms with Crippen molar-refractivity contribution in [3.8, 4) is 28.4 Å². The predicted octanol–water partition coefficient (Wildman–Crippen LogP) is 6.69. The Kier molecular flexibility index (Phi) is 8.46. The second-order valence-electron chi connectivity index (χ2n) is 7.16. The van der Waals surface area contributed by atoms with Crippen LogP contribution in [-0.4, -0.2) is 38.0 Å². The third kappa shape index (κ3) is 6.24. The van der Waals surface area contributed by atoms with Gasteiger partial charge in [-0.3, -0.25) is 9.36 Å². The lowest BCUT2D eigenvalue weighted by atomic mass is 10.2. The van der Waals surface area contributed by atoms with Crippen molar-refractivity contribution >= 4 is 57.3 Å². The molecule has 2 aromatic heterocycles. The molecule has 0 aliphatic heterocycles. The molecule has 2 heterocycles. The van der Waals surface area contributed by atoms with Crippen LogP contribution < -0.4 is 10.1 Å². The monoisotopic (exact) mass is 545 g/mol. The molecular formula is C24H21Cl2N5O2S2. The van der Waals surface area contributed by atoms with Gasteiger partial charge in [-0.05, 0) is 49.4 Å². The van der Waals surface area contributed by atoms with Gasteiger partial charge in [0, 0.05) is 28.1 Å². The quantitative estimate of drug-likeness (QED) is 0.176. The zero-order valence-electron chi connectivity index (χ0n) is 18.7. The summed E-state index contributed by atoms with van der Waals surface area (Å²) in [6, 6.07) is 12.9. The number of rotatable bonds is 10. The number of hydrogen-bond acceptors (Lipinski definition) is 7. The third-order valence-corrected chi connectivity index (χ3v) is 7.01. The molecule has 0 spiro atoms. The molecule has 0 fully saturated rings. The van der Waals surface area contributed by atoms with E-state index in [1.165, 1.54) is 23.1 Å². The summed E-state index contributed by atoms with van der Waals surface area (Å²) in [5, 5.41) is 15.4. The van der Waals surface area contributed by atoms with Crippen molar-refractivity contribution in [1.29, 1.82) is 0 Å². The van der Waals surface area contributed by atoms with Crippen LogP contribution in [0.5, 0.6) is 5.75 Å². The van der Waals surface area contributed by atoms with Gasteiger partial charge in [0.15, 0.2) is 16.1 Å². The first-order valence-corrected chi connectivity index (χ1v) is 13.2. The van der Waals surface area contributed by atoms with E-state index in [0.717, 1.165) is 16.9 Å². The molecule has 0 atom stereocenters. The number of amides is 1. The summed E-state index contributed by atoms with van der Waals surface area (Å²) in [7, 11) is 0. The van der Waals surface area contributed by atoms with Gasteiger partial charge in [-0.15, -0.1) is 28.1 Å². The van der Waals surface area contributed by atoms with Gasteiger partial charge in [-0.1, -0.05) is 41.0 Å². The highest BCUT2D eigenvalue weighted by atomic mass is 35.5. The van der Waals surface area contributed by atoms with Crippen LogP contribution in [0.3, 0.4) is 0 Å². The number of thioether (sulfide) groups is 1. The smallest absolute Gasteiger partial charge is 0.236 e. The van der Waals surface area contributed by atoms with Gasteiger partial charge in [-0.2, -0.15) is 0 Å². The minimum absolute atomic E-state index is 0.148. The fourth-order valence-electron chi connectivity index (χ4n) is 3.21. The average molecular weight is 547 g/mol. The lowest BCUT2D eigenvalue weighted by Gasteiger charge is -2.08. The molecule has 2 aromatic carbocycles. The van der Waals surface area contributed by atoms with Crippen molar-refractivity contribution in [3.63, 3.8) is 0 Å². The molecule has 11 heteroatoms. The fraction of sp³-hybridized carbons (Fsp3) is 0.167. The summed E-state index contributed by atoms with van der Waals surface area (Å²) in [4.78, 5) is 17.1. The summed E-state index contributed by atoms with van der Waals surface area (Å²) in [6.45, 7) is 6.89. The van der Waals surface area contributed by atoms with Crippen LogP contribution in [0.25, 0.3) is 22.6 Å². The molecule has 0 unspecified atom stereocenters. The molecule has 0 saturated heterocycles. The molecule has 0 saturated carbocycles. The molecule has 1 N–H and O–H groups in total. The van der Waals surface area contributed by atoms with Crippen molar-refractivity contribution in [3.05, 3.63) is 70.5 Å². The van der Waals surface area contributed by atoms with Crippen LogP contribution in [0.2, 0.25) is 10.0 Å². The van der Waals surface area contributed by atoms with E-state index in [-0.39, 0.29) is 11.7 Å². The van der Waals surface area contributed by atoms with Crippen molar-refractivity contribution in [2.24, 2.45) is 0 Å². The number of carbonyl (C=O) groups is 1. The lowest BCUT2D eigenvalue weighted by Crippen LogP contribution is -2.14. The van der Waals surface area contributed by atoms with Gasteiger partial charge < -0.3 is 10.1 Å². The molecule has 1 amide bonds. The summed E-state index contributed by atoms with van der Waals surface area (Å²) in [6.07, 6.45) is 1.77. The van der Waals surface area contributed by atoms with Crippen LogP contribution >= 0.6 is 46.3 Å². The average Bonchev–Trinajstić information content (AvgIpc) is 3.46. The molecular weight excluding hydrogens is 525 g/mol. The summed E-state index contributed by atoms with van der Waals surface area (Å²) >= 11 is 14.8. The topological polar surface area (TPSA) is 81.9 Å². The van der Waals surface area contributed by atoms with Crippen LogP contribution in [0.1, 0.15) is 6.92 Å². The first-order chi connectivity index (χ1) is 17.0. The number of aromatic nitrogens is 4. The second kappa shape index (κ2) is 11.7. The zero-order valence-corrected chi connectivity index (χ0v) is 21.8. The van der Waals surface area contributed by atoms with Crippen molar-refractivity contribution < 1.29 is 9.53 Å². The van der Waals surface area contributed by atoms with Crippen molar-refractivity contribution in [1.82, 2.24) is 19.7 Å². The molecule has 4 rings (SSSR count). The van der Waals surface area contributed by atoms with Gasteiger partial charge in [-0.25, -0.2) is 4.98 Å². The third-order valence-electron chi connectivity index (χ3n) is 4.74. The number of nitrogens with zero attached hydrogens (tertiary/aromatic N) is 4. The van der Waals surface area contributed by atoms with Crippen LogP contribution in [0.4, 0.5) is 5.13 Å². The van der Waals surface area contributed by atoms with E-state index in [4.69, 9.17) is 27.9 Å². The molecule has 4 aromatic rings. The number of thiazole rings is 1. The Hall–Kier alpha value is -2.85. The van der Waals surface area contributed by atoms with Gasteiger partial charge in [0.25, 0.3) is 0 Å². The van der Waals surface area contributed by atoms with E-state index in [1.54, 1.807) is 24.3 Å². The van der Waals surface area contributed by atoms with E-state index in [9.17, 15) is 4.79 Å². The molecule has 7 nitrogen and oxygen atoms in total. The van der Waals surface area contributed by atoms with Crippen LogP contribution in [0, 0.1) is 0 Å². The van der Waals surface area contributed by atoms with E-state index in [2.05, 4.69) is 27.1 Å². The lowest BCUT2D eigenvalue weighted by molar-refractivity contribution is -0.113. The Morgan fingerprint density at radius 2 is 2.03 bits per heavy atom. The van der Waals surface area contributed by atoms with Crippen molar-refractivity contribution in [2.75, 3.05) is 17.7 Å². The molecule has 0 aliphatic rings. The Balaban J connectivity index is 1.42. The Labute approximate surface area is 221 Å². The Morgan fingerprint density at radius 1 is 1.23 bits per heavy atom. The Bertz CT molecular complexity index is 1340. The van der Waals surface area contributed by atoms with Gasteiger partial charge in [0.05, 0.1) is 23.1 Å². The fourth-order valence-corrected chi connectivity index (χ4v) is 5.19. The minimum atomic E-state index is -0.200. The highest BCUT2D eigenvalue weighted by Gasteiger charge is 2.16. The summed E-state index contributed by atoms with van der Waals surface area (Å²) in [5.41, 5.74) is 2.32. The number of ether oxygens (including phenoxy) is 1. The molecule has 180 valence electrons. The number of allylic oxidation sites excluding steroid dienone is 1. The van der Waals surface area contributed by atoms with Gasteiger partial charge in [0.1, 0.15) is 5.75 Å². The maximum Gasteiger partial charge on any atom is 0.236 e. The largest absolute Gasteiger partial charge is 0.494 e. The highest BCUT2D eigenvalue weighted by Crippen LogP contribution is 2.32. The first-order valence-electron chi connectivity index (χ1n) is 10.6. The van der Waals surface area contributed by atoms with Gasteiger partial charge in [0.2, 0.25) is 5.91 Å². The predicted molar refractivity (Wildman–Crippen MR) is 144 cm³/mol. The minimum Gasteiger partial charge on any atom is -0.494 e. The SMILES string of the molecule is C=CCn1c(SCC(=O)Nc2nc(-c3ccc(Cl)cc3Cl)cs2)nnc1-c1ccc(OCC)cc1. The zero-order chi connectivity index (χ0) is 24.8. The number of nitrogens with one attached hydrogen (secondary N) is 1. The maximum atomic E-state index is 12.6. The van der Waals surface area contributed by atoms with Crippen LogP contribution in [0.15, 0.2) is 65.7 Å². The van der Waals surface area contributed by atoms with E-state index in [0.29, 0.717) is 45.0 Å².